The van der Waals surface area contributed by atoms with E-state index in [0.717, 1.165) is 5.56 Å². The molecule has 2 aromatic carbocycles. The molecule has 0 aliphatic heterocycles. The van der Waals surface area contributed by atoms with Crippen LogP contribution < -0.4 is 11.1 Å². The molecular formula is C13H12FN3O2. The molecule has 0 heterocycles. The second kappa shape index (κ2) is 4.93. The standard InChI is InChI=1S/C13H12FN3O2/c1-8-5-6-9(14)12(7-8)16-11-4-2-3-10(15)13(11)17(18)19/h2-7,16H,15H2,1H3. The lowest BCUT2D eigenvalue weighted by Crippen LogP contribution is -2.02. The number of nitrogens with zero attached hydrogens (tertiary/aromatic N) is 1. The highest BCUT2D eigenvalue weighted by Gasteiger charge is 2.18. The van der Waals surface area contributed by atoms with Crippen molar-refractivity contribution in [1.82, 2.24) is 0 Å². The number of nitro groups is 1. The fourth-order valence-corrected chi connectivity index (χ4v) is 1.75. The Morgan fingerprint density at radius 3 is 2.68 bits per heavy atom. The van der Waals surface area contributed by atoms with Gasteiger partial charge in [0, 0.05) is 0 Å². The van der Waals surface area contributed by atoms with Gasteiger partial charge in [0.05, 0.1) is 10.6 Å². The summed E-state index contributed by atoms with van der Waals surface area (Å²) >= 11 is 0. The van der Waals surface area contributed by atoms with Gasteiger partial charge in [0.1, 0.15) is 17.2 Å². The number of rotatable bonds is 3. The fraction of sp³-hybridized carbons (Fsp3) is 0.0769. The van der Waals surface area contributed by atoms with Crippen LogP contribution in [0.4, 0.5) is 27.1 Å². The van der Waals surface area contributed by atoms with Crippen LogP contribution in [0.25, 0.3) is 0 Å². The van der Waals surface area contributed by atoms with Gasteiger partial charge in [-0.15, -0.1) is 0 Å². The minimum absolute atomic E-state index is 0.0306. The summed E-state index contributed by atoms with van der Waals surface area (Å²) in [6.07, 6.45) is 0. The van der Waals surface area contributed by atoms with E-state index in [1.807, 2.05) is 0 Å². The van der Waals surface area contributed by atoms with Crippen molar-refractivity contribution < 1.29 is 9.31 Å². The molecule has 0 saturated heterocycles. The Hall–Kier alpha value is -2.63. The summed E-state index contributed by atoms with van der Waals surface area (Å²) in [6.45, 7) is 1.80. The van der Waals surface area contributed by atoms with Crippen LogP contribution in [0.5, 0.6) is 0 Å². The number of nitro benzene ring substituents is 1. The molecule has 0 amide bonds. The van der Waals surface area contributed by atoms with E-state index in [2.05, 4.69) is 5.32 Å². The van der Waals surface area contributed by atoms with Crippen LogP contribution in [0, 0.1) is 22.9 Å². The molecule has 0 aliphatic rings. The van der Waals surface area contributed by atoms with Gasteiger partial charge in [0.15, 0.2) is 0 Å². The van der Waals surface area contributed by atoms with Crippen molar-refractivity contribution in [3.63, 3.8) is 0 Å². The maximum absolute atomic E-state index is 13.6. The quantitative estimate of drug-likeness (QED) is 0.504. The maximum atomic E-state index is 13.6. The first-order chi connectivity index (χ1) is 8.99. The molecule has 3 N–H and O–H groups in total. The van der Waals surface area contributed by atoms with Gasteiger partial charge in [-0.2, -0.15) is 0 Å². The van der Waals surface area contributed by atoms with Crippen LogP contribution in [0.15, 0.2) is 36.4 Å². The summed E-state index contributed by atoms with van der Waals surface area (Å²) in [5.74, 6) is -0.484. The van der Waals surface area contributed by atoms with Crippen molar-refractivity contribution in [2.24, 2.45) is 0 Å². The number of benzene rings is 2. The number of nitrogens with two attached hydrogens (primary N) is 1. The third kappa shape index (κ3) is 2.62. The average Bonchev–Trinajstić information content (AvgIpc) is 2.33. The summed E-state index contributed by atoms with van der Waals surface area (Å²) in [6, 6.07) is 8.97. The summed E-state index contributed by atoms with van der Waals surface area (Å²) in [5, 5.41) is 13.7. The number of nitrogens with one attached hydrogen (secondary N) is 1. The van der Waals surface area contributed by atoms with Crippen LogP contribution >= 0.6 is 0 Å². The number of aryl methyl sites for hydroxylation is 1. The van der Waals surface area contributed by atoms with Crippen molar-refractivity contribution in [1.29, 1.82) is 0 Å². The highest BCUT2D eigenvalue weighted by atomic mass is 19.1. The van der Waals surface area contributed by atoms with E-state index in [-0.39, 0.29) is 22.7 Å². The van der Waals surface area contributed by atoms with Gasteiger partial charge >= 0.3 is 5.69 Å². The molecular weight excluding hydrogens is 249 g/mol. The largest absolute Gasteiger partial charge is 0.393 e. The summed E-state index contributed by atoms with van der Waals surface area (Å²) < 4.78 is 13.6. The summed E-state index contributed by atoms with van der Waals surface area (Å²) in [7, 11) is 0. The third-order valence-electron chi connectivity index (χ3n) is 2.64. The molecule has 0 bridgehead atoms. The molecule has 5 nitrogen and oxygen atoms in total. The molecule has 0 aromatic heterocycles. The zero-order chi connectivity index (χ0) is 14.0. The van der Waals surface area contributed by atoms with Crippen LogP contribution in [-0.4, -0.2) is 4.92 Å². The molecule has 2 aromatic rings. The van der Waals surface area contributed by atoms with Crippen molar-refractivity contribution in [2.75, 3.05) is 11.1 Å². The molecule has 0 spiro atoms. The molecule has 19 heavy (non-hydrogen) atoms. The first-order valence-electron chi connectivity index (χ1n) is 5.55. The van der Waals surface area contributed by atoms with Gasteiger partial charge in [-0.1, -0.05) is 12.1 Å². The van der Waals surface area contributed by atoms with Crippen molar-refractivity contribution in [3.8, 4) is 0 Å². The summed E-state index contributed by atoms with van der Waals surface area (Å²) in [4.78, 5) is 10.4. The molecule has 0 atom stereocenters. The van der Waals surface area contributed by atoms with E-state index >= 15 is 0 Å². The van der Waals surface area contributed by atoms with Gasteiger partial charge < -0.3 is 11.1 Å². The predicted octanol–water partition coefficient (Wildman–Crippen LogP) is 3.37. The SMILES string of the molecule is Cc1ccc(F)c(Nc2cccc(N)c2[N+](=O)[O-])c1. The predicted molar refractivity (Wildman–Crippen MR) is 71.9 cm³/mol. The third-order valence-corrected chi connectivity index (χ3v) is 2.64. The Bertz CT molecular complexity index is 644. The Morgan fingerprint density at radius 2 is 2.00 bits per heavy atom. The lowest BCUT2D eigenvalue weighted by atomic mass is 10.2. The minimum Gasteiger partial charge on any atom is -0.393 e. The van der Waals surface area contributed by atoms with Gasteiger partial charge in [-0.3, -0.25) is 10.1 Å². The first kappa shape index (κ1) is 12.8. The minimum atomic E-state index is -0.592. The number of hydrogen-bond donors (Lipinski definition) is 2. The molecule has 2 rings (SSSR count). The molecule has 0 unspecified atom stereocenters. The molecule has 0 fully saturated rings. The first-order valence-corrected chi connectivity index (χ1v) is 5.55. The Morgan fingerprint density at radius 1 is 1.26 bits per heavy atom. The fourth-order valence-electron chi connectivity index (χ4n) is 1.75. The molecule has 98 valence electrons. The Balaban J connectivity index is 2.46. The average molecular weight is 261 g/mol. The zero-order valence-electron chi connectivity index (χ0n) is 10.2. The van der Waals surface area contributed by atoms with Crippen LogP contribution in [0.1, 0.15) is 5.56 Å². The number of para-hydroxylation sites is 1. The zero-order valence-corrected chi connectivity index (χ0v) is 10.2. The molecule has 0 aliphatic carbocycles. The topological polar surface area (TPSA) is 81.2 Å². The number of nitrogen functional groups attached to an aromatic ring is 1. The second-order valence-corrected chi connectivity index (χ2v) is 4.11. The van der Waals surface area contributed by atoms with Crippen molar-refractivity contribution in [3.05, 3.63) is 57.9 Å². The molecule has 0 saturated carbocycles. The number of hydrogen-bond acceptors (Lipinski definition) is 4. The van der Waals surface area contributed by atoms with Crippen molar-refractivity contribution >= 4 is 22.7 Å². The van der Waals surface area contributed by atoms with Gasteiger partial charge in [-0.05, 0) is 36.8 Å². The number of halogens is 1. The van der Waals surface area contributed by atoms with E-state index in [0.29, 0.717) is 0 Å². The van der Waals surface area contributed by atoms with Crippen LogP contribution in [-0.2, 0) is 0 Å². The van der Waals surface area contributed by atoms with Gasteiger partial charge in [0.25, 0.3) is 0 Å². The summed E-state index contributed by atoms with van der Waals surface area (Å²) in [5.41, 5.74) is 6.52. The van der Waals surface area contributed by atoms with E-state index in [4.69, 9.17) is 5.73 Å². The van der Waals surface area contributed by atoms with Crippen LogP contribution in [0.3, 0.4) is 0 Å². The second-order valence-electron chi connectivity index (χ2n) is 4.11. The maximum Gasteiger partial charge on any atom is 0.315 e. The lowest BCUT2D eigenvalue weighted by molar-refractivity contribution is -0.383. The van der Waals surface area contributed by atoms with Crippen molar-refractivity contribution in [2.45, 2.75) is 6.92 Å². The van der Waals surface area contributed by atoms with E-state index in [1.165, 1.54) is 18.2 Å². The van der Waals surface area contributed by atoms with Crippen LogP contribution in [0.2, 0.25) is 0 Å². The lowest BCUT2D eigenvalue weighted by Gasteiger charge is -2.10. The highest BCUT2D eigenvalue weighted by Crippen LogP contribution is 2.33. The van der Waals surface area contributed by atoms with Gasteiger partial charge in [-0.25, -0.2) is 4.39 Å². The van der Waals surface area contributed by atoms with Gasteiger partial charge in [0.2, 0.25) is 0 Å². The van der Waals surface area contributed by atoms with E-state index < -0.39 is 10.7 Å². The van der Waals surface area contributed by atoms with E-state index in [1.54, 1.807) is 25.1 Å². The monoisotopic (exact) mass is 261 g/mol. The highest BCUT2D eigenvalue weighted by molar-refractivity contribution is 5.78. The van der Waals surface area contributed by atoms with E-state index in [9.17, 15) is 14.5 Å². The number of anilines is 3. The Labute approximate surface area is 109 Å². The molecule has 0 radical (unpaired) electrons. The molecule has 6 heteroatoms. The Kier molecular flexibility index (Phi) is 3.33. The smallest absolute Gasteiger partial charge is 0.315 e. The normalized spacial score (nSPS) is 10.2.